The van der Waals surface area contributed by atoms with Crippen LogP contribution in [0.5, 0.6) is 0 Å². The molecule has 1 aliphatic carbocycles. The second kappa shape index (κ2) is 4.19. The summed E-state index contributed by atoms with van der Waals surface area (Å²) in [6, 6.07) is 3.07. The van der Waals surface area contributed by atoms with Crippen molar-refractivity contribution in [1.29, 1.82) is 0 Å². The van der Waals surface area contributed by atoms with Crippen LogP contribution in [0.3, 0.4) is 0 Å². The summed E-state index contributed by atoms with van der Waals surface area (Å²) >= 11 is 0. The van der Waals surface area contributed by atoms with E-state index in [1.54, 1.807) is 6.07 Å². The van der Waals surface area contributed by atoms with Crippen molar-refractivity contribution in [3.05, 3.63) is 45.0 Å². The van der Waals surface area contributed by atoms with Gasteiger partial charge in [0.25, 0.3) is 5.56 Å². The predicted molar refractivity (Wildman–Crippen MR) is 67.9 cm³/mol. The summed E-state index contributed by atoms with van der Waals surface area (Å²) in [5, 5.41) is 0.678. The maximum absolute atomic E-state index is 14.3. The van der Waals surface area contributed by atoms with E-state index < -0.39 is 11.8 Å². The predicted octanol–water partition coefficient (Wildman–Crippen LogP) is 1.94. The standard InChI is InChI=1S/C14H12FNO3/c1-19-14(18)10-6-5-8-7-3-2-4-9(7)13(17)16-12(8)11(10)15/h5-6H,2-4H2,1H3,(H,16,17). The third kappa shape index (κ3) is 1.65. The molecule has 4 nitrogen and oxygen atoms in total. The SMILES string of the molecule is COC(=O)c1ccc2c3c(c(=O)[nH]c2c1F)CCC3. The number of nitrogens with one attached hydrogen (secondary N) is 1. The minimum atomic E-state index is -0.749. The number of halogens is 1. The Morgan fingerprint density at radius 3 is 2.79 bits per heavy atom. The molecule has 0 saturated carbocycles. The lowest BCUT2D eigenvalue weighted by Gasteiger charge is -2.08. The lowest BCUT2D eigenvalue weighted by Crippen LogP contribution is -2.14. The maximum Gasteiger partial charge on any atom is 0.340 e. The molecule has 0 saturated heterocycles. The van der Waals surface area contributed by atoms with E-state index in [4.69, 9.17) is 0 Å². The fourth-order valence-corrected chi connectivity index (χ4v) is 2.70. The summed E-state index contributed by atoms with van der Waals surface area (Å²) in [7, 11) is 1.19. The molecule has 0 bridgehead atoms. The van der Waals surface area contributed by atoms with E-state index >= 15 is 0 Å². The van der Waals surface area contributed by atoms with Crippen molar-refractivity contribution in [3.63, 3.8) is 0 Å². The van der Waals surface area contributed by atoms with Crippen LogP contribution in [0.15, 0.2) is 16.9 Å². The van der Waals surface area contributed by atoms with Gasteiger partial charge in [0.05, 0.1) is 18.2 Å². The fraction of sp³-hybridized carbons (Fsp3) is 0.286. The monoisotopic (exact) mass is 261 g/mol. The highest BCUT2D eigenvalue weighted by Gasteiger charge is 2.22. The minimum absolute atomic E-state index is 0.0913. The van der Waals surface area contributed by atoms with E-state index in [1.807, 2.05) is 0 Å². The Balaban J connectivity index is 2.37. The Bertz CT molecular complexity index is 748. The normalized spacial score (nSPS) is 13.6. The maximum atomic E-state index is 14.3. The molecule has 0 aliphatic heterocycles. The van der Waals surface area contributed by atoms with Crippen LogP contribution in [0, 0.1) is 5.82 Å². The number of aromatic nitrogens is 1. The fourth-order valence-electron chi connectivity index (χ4n) is 2.70. The molecule has 0 atom stereocenters. The molecule has 1 heterocycles. The van der Waals surface area contributed by atoms with Gasteiger partial charge < -0.3 is 9.72 Å². The van der Waals surface area contributed by atoms with Gasteiger partial charge in [0.15, 0.2) is 5.82 Å². The van der Waals surface area contributed by atoms with Crippen LogP contribution in [-0.4, -0.2) is 18.1 Å². The van der Waals surface area contributed by atoms with Crippen molar-refractivity contribution in [3.8, 4) is 0 Å². The molecule has 5 heteroatoms. The van der Waals surface area contributed by atoms with Crippen molar-refractivity contribution in [2.45, 2.75) is 19.3 Å². The number of carbonyl (C=O) groups is 1. The number of H-pyrrole nitrogens is 1. The number of benzene rings is 1. The Labute approximate surface area is 108 Å². The molecular formula is C14H12FNO3. The molecule has 98 valence electrons. The topological polar surface area (TPSA) is 59.2 Å². The Morgan fingerprint density at radius 1 is 1.32 bits per heavy atom. The van der Waals surface area contributed by atoms with Crippen LogP contribution in [0.25, 0.3) is 10.9 Å². The number of ether oxygens (including phenoxy) is 1. The molecule has 2 aromatic rings. The molecule has 19 heavy (non-hydrogen) atoms. The van der Waals surface area contributed by atoms with Gasteiger partial charge in [0, 0.05) is 10.9 Å². The largest absolute Gasteiger partial charge is 0.465 e. The molecule has 0 unspecified atom stereocenters. The van der Waals surface area contributed by atoms with Crippen molar-refractivity contribution >= 4 is 16.9 Å². The quantitative estimate of drug-likeness (QED) is 0.798. The van der Waals surface area contributed by atoms with Gasteiger partial charge in [-0.25, -0.2) is 9.18 Å². The highest BCUT2D eigenvalue weighted by atomic mass is 19.1. The highest BCUT2D eigenvalue weighted by Crippen LogP contribution is 2.28. The molecule has 1 aromatic heterocycles. The Hall–Kier alpha value is -2.17. The van der Waals surface area contributed by atoms with Gasteiger partial charge in [-0.05, 0) is 30.9 Å². The van der Waals surface area contributed by atoms with Crippen LogP contribution >= 0.6 is 0 Å². The first kappa shape index (κ1) is 11.9. The van der Waals surface area contributed by atoms with Gasteiger partial charge in [0.1, 0.15) is 0 Å². The second-order valence-electron chi connectivity index (χ2n) is 4.61. The lowest BCUT2D eigenvalue weighted by molar-refractivity contribution is 0.0596. The smallest absolute Gasteiger partial charge is 0.340 e. The third-order valence-corrected chi connectivity index (χ3v) is 3.60. The van der Waals surface area contributed by atoms with Gasteiger partial charge in [0.2, 0.25) is 0 Å². The lowest BCUT2D eigenvalue weighted by atomic mass is 10.0. The molecular weight excluding hydrogens is 249 g/mol. The number of hydrogen-bond acceptors (Lipinski definition) is 3. The van der Waals surface area contributed by atoms with E-state index in [-0.39, 0.29) is 16.6 Å². The number of carbonyl (C=O) groups excluding carboxylic acids is 1. The molecule has 1 N–H and O–H groups in total. The van der Waals surface area contributed by atoms with Crippen molar-refractivity contribution in [2.24, 2.45) is 0 Å². The van der Waals surface area contributed by atoms with E-state index in [0.717, 1.165) is 30.4 Å². The number of hydrogen-bond donors (Lipinski definition) is 1. The van der Waals surface area contributed by atoms with Crippen LogP contribution in [-0.2, 0) is 17.6 Å². The zero-order chi connectivity index (χ0) is 13.6. The van der Waals surface area contributed by atoms with Gasteiger partial charge in [-0.3, -0.25) is 4.79 Å². The molecule has 1 aromatic carbocycles. The molecule has 0 spiro atoms. The first-order chi connectivity index (χ1) is 9.13. The zero-order valence-electron chi connectivity index (χ0n) is 10.4. The number of aromatic amines is 1. The minimum Gasteiger partial charge on any atom is -0.465 e. The zero-order valence-corrected chi connectivity index (χ0v) is 10.4. The van der Waals surface area contributed by atoms with Crippen LogP contribution in [0.1, 0.15) is 27.9 Å². The second-order valence-corrected chi connectivity index (χ2v) is 4.61. The average Bonchev–Trinajstić information content (AvgIpc) is 2.89. The van der Waals surface area contributed by atoms with E-state index in [0.29, 0.717) is 5.39 Å². The van der Waals surface area contributed by atoms with Crippen LogP contribution in [0.4, 0.5) is 4.39 Å². The number of aryl methyl sites for hydroxylation is 1. The number of pyridine rings is 1. The van der Waals surface area contributed by atoms with Gasteiger partial charge in [-0.1, -0.05) is 6.07 Å². The summed E-state index contributed by atoms with van der Waals surface area (Å²) in [6.45, 7) is 0. The molecule has 0 radical (unpaired) electrons. The van der Waals surface area contributed by atoms with Crippen LogP contribution in [0.2, 0.25) is 0 Å². The first-order valence-corrected chi connectivity index (χ1v) is 6.08. The molecule has 0 amide bonds. The number of fused-ring (bicyclic) bond motifs is 3. The summed E-state index contributed by atoms with van der Waals surface area (Å²) in [5.74, 6) is -1.48. The van der Waals surface area contributed by atoms with Gasteiger partial charge >= 0.3 is 5.97 Å². The van der Waals surface area contributed by atoms with Gasteiger partial charge in [-0.15, -0.1) is 0 Å². The van der Waals surface area contributed by atoms with Crippen molar-refractivity contribution in [1.82, 2.24) is 4.98 Å². The highest BCUT2D eigenvalue weighted by molar-refractivity contribution is 5.96. The van der Waals surface area contributed by atoms with E-state index in [1.165, 1.54) is 13.2 Å². The summed E-state index contributed by atoms with van der Waals surface area (Å²) < 4.78 is 18.8. The third-order valence-electron chi connectivity index (χ3n) is 3.60. The average molecular weight is 261 g/mol. The number of rotatable bonds is 1. The number of esters is 1. The van der Waals surface area contributed by atoms with E-state index in [2.05, 4.69) is 9.72 Å². The van der Waals surface area contributed by atoms with Crippen molar-refractivity contribution < 1.29 is 13.9 Å². The first-order valence-electron chi connectivity index (χ1n) is 6.08. The summed E-state index contributed by atoms with van der Waals surface area (Å²) in [4.78, 5) is 25.9. The summed E-state index contributed by atoms with van der Waals surface area (Å²) in [6.07, 6.45) is 2.39. The van der Waals surface area contributed by atoms with Crippen molar-refractivity contribution in [2.75, 3.05) is 7.11 Å². The molecule has 1 aliphatic rings. The molecule has 3 rings (SSSR count). The van der Waals surface area contributed by atoms with E-state index in [9.17, 15) is 14.0 Å². The summed E-state index contributed by atoms with van der Waals surface area (Å²) in [5.41, 5.74) is 1.30. The Morgan fingerprint density at radius 2 is 2.05 bits per heavy atom. The van der Waals surface area contributed by atoms with Gasteiger partial charge in [-0.2, -0.15) is 0 Å². The van der Waals surface area contributed by atoms with Crippen LogP contribution < -0.4 is 5.56 Å². The molecule has 0 fully saturated rings. The Kier molecular flexibility index (Phi) is 2.62. The number of methoxy groups -OCH3 is 1.